The van der Waals surface area contributed by atoms with E-state index in [9.17, 15) is 4.39 Å². The van der Waals surface area contributed by atoms with Gasteiger partial charge >= 0.3 is 0 Å². The van der Waals surface area contributed by atoms with Crippen molar-refractivity contribution in [2.24, 2.45) is 5.73 Å². The quantitative estimate of drug-likeness (QED) is 0.859. The number of aromatic nitrogens is 1. The van der Waals surface area contributed by atoms with Crippen LogP contribution in [0.5, 0.6) is 0 Å². The third kappa shape index (κ3) is 3.51. The first-order valence-corrected chi connectivity index (χ1v) is 6.69. The highest BCUT2D eigenvalue weighted by molar-refractivity contribution is 7.80. The Kier molecular flexibility index (Phi) is 4.63. The molecule has 0 aliphatic rings. The zero-order valence-corrected chi connectivity index (χ0v) is 12.0. The Balaban J connectivity index is 2.04. The van der Waals surface area contributed by atoms with Gasteiger partial charge in [0.15, 0.2) is 0 Å². The Labute approximate surface area is 123 Å². The fourth-order valence-electron chi connectivity index (χ4n) is 1.90. The molecule has 0 radical (unpaired) electrons. The van der Waals surface area contributed by atoms with Crippen LogP contribution in [0.1, 0.15) is 11.3 Å². The van der Waals surface area contributed by atoms with Crippen molar-refractivity contribution in [3.05, 3.63) is 59.7 Å². The van der Waals surface area contributed by atoms with Gasteiger partial charge in [-0.3, -0.25) is 4.98 Å². The van der Waals surface area contributed by atoms with Crippen molar-refractivity contribution in [1.29, 1.82) is 0 Å². The summed E-state index contributed by atoms with van der Waals surface area (Å²) in [4.78, 5) is 6.31. The van der Waals surface area contributed by atoms with Gasteiger partial charge in [0.1, 0.15) is 10.8 Å². The van der Waals surface area contributed by atoms with Gasteiger partial charge in [0.05, 0.1) is 0 Å². The fourth-order valence-corrected chi connectivity index (χ4v) is 2.06. The lowest BCUT2D eigenvalue weighted by atomic mass is 10.1. The number of nitrogens with two attached hydrogens (primary N) is 1. The third-order valence-corrected chi connectivity index (χ3v) is 3.31. The second-order valence-corrected chi connectivity index (χ2v) is 4.96. The van der Waals surface area contributed by atoms with Crippen LogP contribution in [0.15, 0.2) is 42.6 Å². The van der Waals surface area contributed by atoms with Crippen molar-refractivity contribution >= 4 is 22.9 Å². The number of rotatable bonds is 5. The predicted molar refractivity (Wildman–Crippen MR) is 83.5 cm³/mol. The molecule has 3 nitrogen and oxygen atoms in total. The van der Waals surface area contributed by atoms with Gasteiger partial charge in [-0.2, -0.15) is 0 Å². The second-order valence-electron chi connectivity index (χ2n) is 4.52. The summed E-state index contributed by atoms with van der Waals surface area (Å²) >= 11 is 4.79. The smallest absolute Gasteiger partial charge is 0.135 e. The number of nitrogens with zero attached hydrogens (tertiary/aromatic N) is 2. The summed E-state index contributed by atoms with van der Waals surface area (Å²) in [7, 11) is 1.91. The van der Waals surface area contributed by atoms with Crippen LogP contribution < -0.4 is 10.6 Å². The molecule has 0 saturated heterocycles. The standard InChI is InChI=1S/C15H16FN3S/c1-19(9-7-11-4-2-3-8-18-11)12-5-6-13(15(17)20)14(16)10-12/h2-6,8,10H,7,9H2,1H3,(H2,17,20). The average molecular weight is 289 g/mol. The van der Waals surface area contributed by atoms with Crippen LogP contribution in [-0.2, 0) is 6.42 Å². The molecule has 20 heavy (non-hydrogen) atoms. The van der Waals surface area contributed by atoms with Crippen LogP contribution in [0.2, 0.25) is 0 Å². The highest BCUT2D eigenvalue weighted by Gasteiger charge is 2.08. The molecule has 0 spiro atoms. The number of halogens is 1. The van der Waals surface area contributed by atoms with Gasteiger partial charge in [0.2, 0.25) is 0 Å². The van der Waals surface area contributed by atoms with Gasteiger partial charge in [-0.1, -0.05) is 18.3 Å². The topological polar surface area (TPSA) is 42.2 Å². The van der Waals surface area contributed by atoms with Crippen molar-refractivity contribution in [1.82, 2.24) is 4.98 Å². The maximum Gasteiger partial charge on any atom is 0.135 e. The molecule has 104 valence electrons. The Morgan fingerprint density at radius 3 is 2.75 bits per heavy atom. The van der Waals surface area contributed by atoms with E-state index in [1.165, 1.54) is 6.07 Å². The number of benzene rings is 1. The van der Waals surface area contributed by atoms with E-state index >= 15 is 0 Å². The summed E-state index contributed by atoms with van der Waals surface area (Å²) in [6, 6.07) is 10.7. The minimum Gasteiger partial charge on any atom is -0.389 e. The molecule has 0 bridgehead atoms. The molecule has 0 atom stereocenters. The number of pyridine rings is 1. The van der Waals surface area contributed by atoms with E-state index in [-0.39, 0.29) is 16.4 Å². The van der Waals surface area contributed by atoms with Crippen molar-refractivity contribution in [3.63, 3.8) is 0 Å². The molecular weight excluding hydrogens is 273 g/mol. The largest absolute Gasteiger partial charge is 0.389 e. The average Bonchev–Trinajstić information content (AvgIpc) is 2.45. The minimum atomic E-state index is -0.389. The Morgan fingerprint density at radius 2 is 2.15 bits per heavy atom. The maximum absolute atomic E-state index is 13.8. The lowest BCUT2D eigenvalue weighted by Gasteiger charge is -2.19. The molecule has 2 N–H and O–H groups in total. The number of thiocarbonyl (C=S) groups is 1. The first kappa shape index (κ1) is 14.4. The molecule has 0 saturated carbocycles. The van der Waals surface area contributed by atoms with E-state index in [1.807, 2.05) is 36.2 Å². The van der Waals surface area contributed by atoms with Crippen molar-refractivity contribution in [3.8, 4) is 0 Å². The molecule has 2 aromatic rings. The van der Waals surface area contributed by atoms with Gasteiger partial charge < -0.3 is 10.6 Å². The molecule has 0 amide bonds. The minimum absolute atomic E-state index is 0.0742. The molecule has 0 aliphatic heterocycles. The molecule has 2 rings (SSSR count). The summed E-state index contributed by atoms with van der Waals surface area (Å²) in [5, 5.41) is 0. The maximum atomic E-state index is 13.8. The van der Waals surface area contributed by atoms with Crippen LogP contribution in [-0.4, -0.2) is 23.6 Å². The zero-order chi connectivity index (χ0) is 14.5. The second kappa shape index (κ2) is 6.43. The molecule has 0 unspecified atom stereocenters. The van der Waals surface area contributed by atoms with Gasteiger partial charge in [-0.15, -0.1) is 0 Å². The molecule has 0 aliphatic carbocycles. The van der Waals surface area contributed by atoms with Crippen LogP contribution in [0.4, 0.5) is 10.1 Å². The monoisotopic (exact) mass is 289 g/mol. The predicted octanol–water partition coefficient (Wildman–Crippen LogP) is 2.53. The lowest BCUT2D eigenvalue weighted by molar-refractivity contribution is 0.624. The molecule has 1 heterocycles. The molecule has 1 aromatic heterocycles. The summed E-state index contributed by atoms with van der Waals surface area (Å²) in [6.45, 7) is 0.753. The van der Waals surface area contributed by atoms with E-state index in [0.29, 0.717) is 0 Å². The normalized spacial score (nSPS) is 10.3. The van der Waals surface area contributed by atoms with Gasteiger partial charge in [0, 0.05) is 43.2 Å². The molecule has 0 fully saturated rings. The van der Waals surface area contributed by atoms with E-state index in [4.69, 9.17) is 18.0 Å². The highest BCUT2D eigenvalue weighted by atomic mass is 32.1. The van der Waals surface area contributed by atoms with E-state index < -0.39 is 0 Å². The third-order valence-electron chi connectivity index (χ3n) is 3.09. The number of likely N-dealkylation sites (N-methyl/N-ethyl adjacent to an activating group) is 1. The lowest BCUT2D eigenvalue weighted by Crippen LogP contribution is -2.21. The van der Waals surface area contributed by atoms with Gasteiger partial charge in [-0.25, -0.2) is 4.39 Å². The Bertz CT molecular complexity index is 601. The van der Waals surface area contributed by atoms with Crippen LogP contribution >= 0.6 is 12.2 Å². The molecular formula is C15H16FN3S. The summed E-state index contributed by atoms with van der Waals surface area (Å²) in [6.07, 6.45) is 2.57. The Morgan fingerprint density at radius 1 is 1.35 bits per heavy atom. The van der Waals surface area contributed by atoms with Crippen molar-refractivity contribution < 1.29 is 4.39 Å². The van der Waals surface area contributed by atoms with Gasteiger partial charge in [-0.05, 0) is 30.3 Å². The zero-order valence-electron chi connectivity index (χ0n) is 11.2. The fraction of sp³-hybridized carbons (Fsp3) is 0.200. The summed E-state index contributed by atoms with van der Waals surface area (Å²) in [5.41, 5.74) is 7.53. The number of hydrogen-bond donors (Lipinski definition) is 1. The number of anilines is 1. The van der Waals surface area contributed by atoms with E-state index in [2.05, 4.69) is 4.98 Å². The summed E-state index contributed by atoms with van der Waals surface area (Å²) in [5.74, 6) is -0.389. The van der Waals surface area contributed by atoms with Crippen LogP contribution in [0.3, 0.4) is 0 Å². The van der Waals surface area contributed by atoms with E-state index in [0.717, 1.165) is 24.3 Å². The van der Waals surface area contributed by atoms with Crippen molar-refractivity contribution in [2.45, 2.75) is 6.42 Å². The number of hydrogen-bond acceptors (Lipinski definition) is 3. The van der Waals surface area contributed by atoms with E-state index in [1.54, 1.807) is 12.3 Å². The molecule has 1 aromatic carbocycles. The first-order chi connectivity index (χ1) is 9.58. The summed E-state index contributed by atoms with van der Waals surface area (Å²) < 4.78 is 13.8. The van der Waals surface area contributed by atoms with Crippen molar-refractivity contribution in [2.75, 3.05) is 18.5 Å². The van der Waals surface area contributed by atoms with Crippen LogP contribution in [0.25, 0.3) is 0 Å². The highest BCUT2D eigenvalue weighted by Crippen LogP contribution is 2.18. The molecule has 5 heteroatoms. The van der Waals surface area contributed by atoms with Crippen LogP contribution in [0, 0.1) is 5.82 Å². The van der Waals surface area contributed by atoms with Gasteiger partial charge in [0.25, 0.3) is 0 Å². The Hall–Kier alpha value is -2.01. The SMILES string of the molecule is CN(CCc1ccccn1)c1ccc(C(N)=S)c(F)c1. The first-order valence-electron chi connectivity index (χ1n) is 6.28.